The molecule has 0 amide bonds. The van der Waals surface area contributed by atoms with Gasteiger partial charge in [0.15, 0.2) is 9.84 Å². The summed E-state index contributed by atoms with van der Waals surface area (Å²) in [5.74, 6) is -0.172. The first-order chi connectivity index (χ1) is 9.52. The molecular formula is C15H22O4S. The van der Waals surface area contributed by atoms with Crippen LogP contribution in [0.4, 0.5) is 0 Å². The molecule has 0 fully saturated rings. The Morgan fingerprint density at radius 2 is 2.15 bits per heavy atom. The van der Waals surface area contributed by atoms with Crippen molar-refractivity contribution in [2.45, 2.75) is 38.4 Å². The summed E-state index contributed by atoms with van der Waals surface area (Å²) in [5, 5.41) is 9.79. The normalized spacial score (nSPS) is 20.4. The quantitative estimate of drug-likeness (QED) is 0.871. The molecule has 1 aliphatic carbocycles. The third-order valence-electron chi connectivity index (χ3n) is 3.69. The molecule has 5 heteroatoms. The predicted molar refractivity (Wildman–Crippen MR) is 78.4 cm³/mol. The van der Waals surface area contributed by atoms with Crippen LogP contribution >= 0.6 is 0 Å². The molecule has 0 spiro atoms. The SMILES string of the molecule is CCS(=O)(=O)CC(O)COC1CCCc2ccccc21. The monoisotopic (exact) mass is 298 g/mol. The summed E-state index contributed by atoms with van der Waals surface area (Å²) in [7, 11) is -3.16. The van der Waals surface area contributed by atoms with Gasteiger partial charge in [0.05, 0.1) is 24.6 Å². The van der Waals surface area contributed by atoms with Crippen LogP contribution in [0.2, 0.25) is 0 Å². The molecule has 2 atom stereocenters. The van der Waals surface area contributed by atoms with E-state index in [0.29, 0.717) is 0 Å². The number of aliphatic hydroxyl groups excluding tert-OH is 1. The fourth-order valence-electron chi connectivity index (χ4n) is 2.57. The molecule has 1 aliphatic rings. The van der Waals surface area contributed by atoms with Crippen LogP contribution in [-0.2, 0) is 21.0 Å². The second kappa shape index (κ2) is 6.70. The van der Waals surface area contributed by atoms with Crippen molar-refractivity contribution in [3.8, 4) is 0 Å². The molecule has 0 radical (unpaired) electrons. The molecule has 0 aromatic heterocycles. The Labute approximate surface area is 120 Å². The van der Waals surface area contributed by atoms with Gasteiger partial charge in [-0.2, -0.15) is 0 Å². The van der Waals surface area contributed by atoms with Crippen molar-refractivity contribution in [3.63, 3.8) is 0 Å². The van der Waals surface area contributed by atoms with E-state index in [4.69, 9.17) is 4.74 Å². The smallest absolute Gasteiger partial charge is 0.152 e. The number of benzene rings is 1. The Bertz CT molecular complexity index is 539. The van der Waals surface area contributed by atoms with Gasteiger partial charge < -0.3 is 9.84 Å². The zero-order valence-corrected chi connectivity index (χ0v) is 12.6. The lowest BCUT2D eigenvalue weighted by atomic mass is 9.89. The second-order valence-corrected chi connectivity index (χ2v) is 7.66. The van der Waals surface area contributed by atoms with Crippen LogP contribution in [0, 0.1) is 0 Å². The van der Waals surface area contributed by atoms with E-state index in [-0.39, 0.29) is 24.2 Å². The van der Waals surface area contributed by atoms with Gasteiger partial charge in [-0.05, 0) is 30.4 Å². The number of hydrogen-bond acceptors (Lipinski definition) is 4. The second-order valence-electron chi connectivity index (χ2n) is 5.27. The Hall–Kier alpha value is -0.910. The molecule has 2 rings (SSSR count). The van der Waals surface area contributed by atoms with Gasteiger partial charge in [-0.3, -0.25) is 0 Å². The Balaban J connectivity index is 1.92. The van der Waals surface area contributed by atoms with Gasteiger partial charge >= 0.3 is 0 Å². The highest BCUT2D eigenvalue weighted by atomic mass is 32.2. The molecular weight excluding hydrogens is 276 g/mol. The van der Waals surface area contributed by atoms with Crippen molar-refractivity contribution in [1.29, 1.82) is 0 Å². The molecule has 0 heterocycles. The van der Waals surface area contributed by atoms with E-state index in [1.54, 1.807) is 6.92 Å². The maximum absolute atomic E-state index is 11.4. The van der Waals surface area contributed by atoms with E-state index in [2.05, 4.69) is 6.07 Å². The maximum Gasteiger partial charge on any atom is 0.152 e. The van der Waals surface area contributed by atoms with Crippen molar-refractivity contribution in [3.05, 3.63) is 35.4 Å². The topological polar surface area (TPSA) is 63.6 Å². The molecule has 0 aliphatic heterocycles. The summed E-state index contributed by atoms with van der Waals surface area (Å²) in [4.78, 5) is 0. The van der Waals surface area contributed by atoms with Gasteiger partial charge in [-0.1, -0.05) is 31.2 Å². The van der Waals surface area contributed by atoms with Crippen LogP contribution in [0.5, 0.6) is 0 Å². The zero-order chi connectivity index (χ0) is 14.6. The number of sulfone groups is 1. The molecule has 0 saturated heterocycles. The number of aryl methyl sites for hydroxylation is 1. The summed E-state index contributed by atoms with van der Waals surface area (Å²) in [6.07, 6.45) is 2.06. The van der Waals surface area contributed by atoms with Gasteiger partial charge in [0.2, 0.25) is 0 Å². The Kier molecular flexibility index (Phi) is 5.18. The zero-order valence-electron chi connectivity index (χ0n) is 11.8. The number of fused-ring (bicyclic) bond motifs is 1. The fraction of sp³-hybridized carbons (Fsp3) is 0.600. The summed E-state index contributed by atoms with van der Waals surface area (Å²) < 4.78 is 28.6. The first-order valence-electron chi connectivity index (χ1n) is 7.09. The molecule has 0 saturated carbocycles. The molecule has 1 aromatic carbocycles. The largest absolute Gasteiger partial charge is 0.390 e. The van der Waals surface area contributed by atoms with E-state index in [1.165, 1.54) is 11.1 Å². The number of aliphatic hydroxyl groups is 1. The van der Waals surface area contributed by atoms with Crippen molar-refractivity contribution >= 4 is 9.84 Å². The van der Waals surface area contributed by atoms with Crippen molar-refractivity contribution in [2.75, 3.05) is 18.1 Å². The van der Waals surface area contributed by atoms with Crippen LogP contribution in [0.15, 0.2) is 24.3 Å². The Morgan fingerprint density at radius 1 is 1.40 bits per heavy atom. The molecule has 2 unspecified atom stereocenters. The van der Waals surface area contributed by atoms with Gasteiger partial charge in [-0.15, -0.1) is 0 Å². The third kappa shape index (κ3) is 4.04. The molecule has 20 heavy (non-hydrogen) atoms. The summed E-state index contributed by atoms with van der Waals surface area (Å²) in [5.41, 5.74) is 2.46. The van der Waals surface area contributed by atoms with Gasteiger partial charge in [0.1, 0.15) is 0 Å². The van der Waals surface area contributed by atoms with E-state index in [1.807, 2.05) is 18.2 Å². The number of hydrogen-bond donors (Lipinski definition) is 1. The van der Waals surface area contributed by atoms with E-state index >= 15 is 0 Å². The highest BCUT2D eigenvalue weighted by Crippen LogP contribution is 2.32. The number of ether oxygens (including phenoxy) is 1. The van der Waals surface area contributed by atoms with Crippen molar-refractivity contribution in [1.82, 2.24) is 0 Å². The maximum atomic E-state index is 11.4. The first-order valence-corrected chi connectivity index (χ1v) is 8.92. The molecule has 0 bridgehead atoms. The van der Waals surface area contributed by atoms with Gasteiger partial charge in [0, 0.05) is 5.75 Å². The van der Waals surface area contributed by atoms with E-state index in [9.17, 15) is 13.5 Å². The van der Waals surface area contributed by atoms with Crippen LogP contribution in [0.25, 0.3) is 0 Å². The van der Waals surface area contributed by atoms with E-state index in [0.717, 1.165) is 19.3 Å². The lowest BCUT2D eigenvalue weighted by Gasteiger charge is -2.26. The van der Waals surface area contributed by atoms with E-state index < -0.39 is 15.9 Å². The highest BCUT2D eigenvalue weighted by Gasteiger charge is 2.22. The van der Waals surface area contributed by atoms with Crippen LogP contribution in [0.3, 0.4) is 0 Å². The minimum absolute atomic E-state index is 0.0288. The minimum Gasteiger partial charge on any atom is -0.390 e. The van der Waals surface area contributed by atoms with Crippen LogP contribution in [-0.4, -0.2) is 37.7 Å². The average molecular weight is 298 g/mol. The highest BCUT2D eigenvalue weighted by molar-refractivity contribution is 7.91. The third-order valence-corrected chi connectivity index (χ3v) is 5.46. The summed E-state index contributed by atoms with van der Waals surface area (Å²) >= 11 is 0. The van der Waals surface area contributed by atoms with Crippen LogP contribution in [0.1, 0.15) is 37.0 Å². The number of rotatable bonds is 6. The van der Waals surface area contributed by atoms with Gasteiger partial charge in [0.25, 0.3) is 0 Å². The average Bonchev–Trinajstić information content (AvgIpc) is 2.44. The lowest BCUT2D eigenvalue weighted by molar-refractivity contribution is -0.0101. The summed E-state index contributed by atoms with van der Waals surface area (Å²) in [6.45, 7) is 1.65. The molecule has 1 N–H and O–H groups in total. The lowest BCUT2D eigenvalue weighted by Crippen LogP contribution is -2.28. The molecule has 1 aromatic rings. The van der Waals surface area contributed by atoms with Crippen molar-refractivity contribution in [2.24, 2.45) is 0 Å². The predicted octanol–water partition coefficient (Wildman–Crippen LogP) is 1.88. The minimum atomic E-state index is -3.16. The molecule has 112 valence electrons. The summed E-state index contributed by atoms with van der Waals surface area (Å²) in [6, 6.07) is 8.15. The van der Waals surface area contributed by atoms with Crippen LogP contribution < -0.4 is 0 Å². The fourth-order valence-corrected chi connectivity index (χ4v) is 3.49. The standard InChI is InChI=1S/C15H22O4S/c1-2-20(17,18)11-13(16)10-19-15-9-5-7-12-6-3-4-8-14(12)15/h3-4,6,8,13,15-16H,2,5,7,9-11H2,1H3. The van der Waals surface area contributed by atoms with Gasteiger partial charge in [-0.25, -0.2) is 8.42 Å². The van der Waals surface area contributed by atoms with Crippen molar-refractivity contribution < 1.29 is 18.3 Å². The first kappa shape index (κ1) is 15.5. The Morgan fingerprint density at radius 3 is 2.90 bits per heavy atom. The molecule has 4 nitrogen and oxygen atoms in total.